The van der Waals surface area contributed by atoms with Crippen LogP contribution < -0.4 is 5.32 Å². The van der Waals surface area contributed by atoms with Crippen molar-refractivity contribution >= 4 is 52.1 Å². The van der Waals surface area contributed by atoms with E-state index in [0.29, 0.717) is 17.1 Å². The molecule has 3 aromatic heterocycles. The molecule has 0 fully saturated rings. The lowest BCUT2D eigenvalue weighted by Gasteiger charge is -2.07. The summed E-state index contributed by atoms with van der Waals surface area (Å²) >= 11 is 0. The number of pyridine rings is 2. The van der Waals surface area contributed by atoms with Gasteiger partial charge in [0, 0.05) is 40.8 Å². The van der Waals surface area contributed by atoms with Crippen molar-refractivity contribution in [2.45, 2.75) is 6.92 Å². The number of nitrogens with one attached hydrogen (secondary N) is 1. The molecule has 4 aromatic rings. The second kappa shape index (κ2) is 7.99. The van der Waals surface area contributed by atoms with E-state index in [2.05, 4.69) is 20.3 Å². The first-order valence-electron chi connectivity index (χ1n) is 10.00. The SMILES string of the molecule is CCOC(=O)c1c(Nc2ccc3ncccc3c2)oc(C=C2C=Nc3ncccc32)c1O. The summed E-state index contributed by atoms with van der Waals surface area (Å²) in [6, 6.07) is 13.0. The summed E-state index contributed by atoms with van der Waals surface area (Å²) in [7, 11) is 0. The molecule has 1 aliphatic heterocycles. The number of allylic oxidation sites excluding steroid dienone is 1. The van der Waals surface area contributed by atoms with Crippen LogP contribution in [-0.2, 0) is 4.74 Å². The lowest BCUT2D eigenvalue weighted by molar-refractivity contribution is 0.0524. The number of carbonyl (C=O) groups excluding carboxylic acids is 1. The maximum absolute atomic E-state index is 12.6. The van der Waals surface area contributed by atoms with Crippen molar-refractivity contribution in [3.8, 4) is 5.75 Å². The second-order valence-electron chi connectivity index (χ2n) is 7.01. The van der Waals surface area contributed by atoms with Gasteiger partial charge in [-0.05, 0) is 49.4 Å². The third-order valence-electron chi connectivity index (χ3n) is 4.96. The molecule has 0 saturated carbocycles. The van der Waals surface area contributed by atoms with Crippen LogP contribution in [0.2, 0.25) is 0 Å². The average Bonchev–Trinajstić information content (AvgIpc) is 3.35. The van der Waals surface area contributed by atoms with Crippen LogP contribution in [0.5, 0.6) is 5.75 Å². The maximum atomic E-state index is 12.6. The monoisotopic (exact) mass is 426 g/mol. The molecule has 8 nitrogen and oxygen atoms in total. The lowest BCUT2D eigenvalue weighted by atomic mass is 10.1. The van der Waals surface area contributed by atoms with Gasteiger partial charge in [-0.15, -0.1) is 0 Å². The zero-order chi connectivity index (χ0) is 22.1. The molecular weight excluding hydrogens is 408 g/mol. The molecule has 0 radical (unpaired) electrons. The summed E-state index contributed by atoms with van der Waals surface area (Å²) < 4.78 is 11.0. The van der Waals surface area contributed by atoms with Gasteiger partial charge in [-0.2, -0.15) is 0 Å². The Morgan fingerprint density at radius 2 is 2.03 bits per heavy atom. The van der Waals surface area contributed by atoms with Crippen LogP contribution in [0.1, 0.15) is 28.6 Å². The van der Waals surface area contributed by atoms with Gasteiger partial charge in [0.2, 0.25) is 5.88 Å². The van der Waals surface area contributed by atoms with Gasteiger partial charge in [0.15, 0.2) is 22.9 Å². The van der Waals surface area contributed by atoms with E-state index in [1.165, 1.54) is 0 Å². The predicted octanol–water partition coefficient (Wildman–Crippen LogP) is 5.11. The van der Waals surface area contributed by atoms with Gasteiger partial charge < -0.3 is 19.6 Å². The highest BCUT2D eigenvalue weighted by atomic mass is 16.5. The van der Waals surface area contributed by atoms with E-state index in [1.54, 1.807) is 37.7 Å². The van der Waals surface area contributed by atoms with Gasteiger partial charge in [-0.3, -0.25) is 4.98 Å². The standard InChI is InChI=1S/C24H18N4O4/c1-2-31-24(30)20-21(29)19(12-15-13-27-22-17(15)6-4-10-26-22)32-23(20)28-16-7-8-18-14(11-16)5-3-9-25-18/h3-13,28-29H,2H2,1H3. The van der Waals surface area contributed by atoms with E-state index < -0.39 is 5.97 Å². The smallest absolute Gasteiger partial charge is 0.347 e. The number of nitrogens with zero attached hydrogens (tertiary/aromatic N) is 3. The Morgan fingerprint density at radius 3 is 2.91 bits per heavy atom. The Kier molecular flexibility index (Phi) is 4.87. The number of aliphatic imine (C=N–C) groups is 1. The third-order valence-corrected chi connectivity index (χ3v) is 4.96. The van der Waals surface area contributed by atoms with Crippen LogP contribution in [0.25, 0.3) is 22.6 Å². The van der Waals surface area contributed by atoms with Crippen molar-refractivity contribution < 1.29 is 19.1 Å². The number of fused-ring (bicyclic) bond motifs is 2. The summed E-state index contributed by atoms with van der Waals surface area (Å²) in [5.74, 6) is -0.232. The van der Waals surface area contributed by atoms with Crippen molar-refractivity contribution in [1.29, 1.82) is 0 Å². The zero-order valence-corrected chi connectivity index (χ0v) is 17.1. The maximum Gasteiger partial charge on any atom is 0.347 e. The highest BCUT2D eigenvalue weighted by Crippen LogP contribution is 2.39. The van der Waals surface area contributed by atoms with Gasteiger partial charge >= 0.3 is 5.97 Å². The van der Waals surface area contributed by atoms with E-state index in [1.807, 2.05) is 36.4 Å². The van der Waals surface area contributed by atoms with E-state index in [-0.39, 0.29) is 29.6 Å². The van der Waals surface area contributed by atoms with Crippen molar-refractivity contribution in [2.24, 2.45) is 4.99 Å². The number of anilines is 2. The predicted molar refractivity (Wildman–Crippen MR) is 122 cm³/mol. The number of aromatic nitrogens is 2. The van der Waals surface area contributed by atoms with Crippen LogP contribution in [-0.4, -0.2) is 33.9 Å². The minimum atomic E-state index is -0.689. The van der Waals surface area contributed by atoms with Crippen LogP contribution in [0.4, 0.5) is 17.4 Å². The van der Waals surface area contributed by atoms with Gasteiger partial charge in [-0.1, -0.05) is 6.07 Å². The fraction of sp³-hybridized carbons (Fsp3) is 0.0833. The molecule has 0 saturated heterocycles. The van der Waals surface area contributed by atoms with Crippen molar-refractivity contribution in [2.75, 3.05) is 11.9 Å². The summed E-state index contributed by atoms with van der Waals surface area (Å²) in [5.41, 5.74) is 2.94. The topological polar surface area (TPSA) is 110 Å². The molecule has 0 spiro atoms. The summed E-state index contributed by atoms with van der Waals surface area (Å²) in [6.45, 7) is 1.85. The fourth-order valence-electron chi connectivity index (χ4n) is 3.48. The molecule has 4 heterocycles. The van der Waals surface area contributed by atoms with E-state index in [4.69, 9.17) is 9.15 Å². The molecule has 0 unspecified atom stereocenters. The van der Waals surface area contributed by atoms with Gasteiger partial charge in [0.1, 0.15) is 0 Å². The molecule has 5 rings (SSSR count). The minimum Gasteiger partial charge on any atom is -0.504 e. The molecule has 8 heteroatoms. The summed E-state index contributed by atoms with van der Waals surface area (Å²) in [5, 5.41) is 14.8. The van der Waals surface area contributed by atoms with Crippen LogP contribution >= 0.6 is 0 Å². The molecule has 0 atom stereocenters. The zero-order valence-electron chi connectivity index (χ0n) is 17.1. The number of ether oxygens (including phenoxy) is 1. The van der Waals surface area contributed by atoms with Crippen molar-refractivity contribution in [1.82, 2.24) is 9.97 Å². The molecule has 2 N–H and O–H groups in total. The molecule has 1 aromatic carbocycles. The number of rotatable bonds is 5. The van der Waals surface area contributed by atoms with Crippen molar-refractivity contribution in [3.05, 3.63) is 71.7 Å². The lowest BCUT2D eigenvalue weighted by Crippen LogP contribution is -2.06. The number of esters is 1. The van der Waals surface area contributed by atoms with E-state index >= 15 is 0 Å². The van der Waals surface area contributed by atoms with Gasteiger partial charge in [0.05, 0.1) is 12.1 Å². The number of hydrogen-bond acceptors (Lipinski definition) is 8. The quantitative estimate of drug-likeness (QED) is 0.427. The molecular formula is C24H18N4O4. The van der Waals surface area contributed by atoms with Gasteiger partial charge in [0.25, 0.3) is 0 Å². The highest BCUT2D eigenvalue weighted by Gasteiger charge is 2.27. The summed E-state index contributed by atoms with van der Waals surface area (Å²) in [6.07, 6.45) is 6.62. The van der Waals surface area contributed by atoms with Crippen molar-refractivity contribution in [3.63, 3.8) is 0 Å². The van der Waals surface area contributed by atoms with Crippen LogP contribution in [0, 0.1) is 0 Å². The Labute approximate surface area is 182 Å². The fourth-order valence-corrected chi connectivity index (χ4v) is 3.48. The Balaban J connectivity index is 1.56. The second-order valence-corrected chi connectivity index (χ2v) is 7.01. The molecule has 0 bridgehead atoms. The number of aromatic hydroxyl groups is 1. The number of carbonyl (C=O) groups is 1. The van der Waals surface area contributed by atoms with Crippen LogP contribution in [0.15, 0.2) is 64.3 Å². The minimum absolute atomic E-state index is 0.0775. The Morgan fingerprint density at radius 1 is 1.19 bits per heavy atom. The van der Waals surface area contributed by atoms with E-state index in [9.17, 15) is 9.90 Å². The number of benzene rings is 1. The first kappa shape index (κ1) is 19.5. The molecule has 158 valence electrons. The largest absolute Gasteiger partial charge is 0.504 e. The highest BCUT2D eigenvalue weighted by molar-refractivity contribution is 6.21. The molecule has 0 aliphatic carbocycles. The first-order chi connectivity index (χ1) is 15.6. The average molecular weight is 426 g/mol. The molecule has 1 aliphatic rings. The number of hydrogen-bond donors (Lipinski definition) is 2. The van der Waals surface area contributed by atoms with E-state index in [0.717, 1.165) is 16.5 Å². The normalized spacial score (nSPS) is 13.5. The number of furan rings is 1. The third kappa shape index (κ3) is 3.47. The first-order valence-corrected chi connectivity index (χ1v) is 10.00. The van der Waals surface area contributed by atoms with Gasteiger partial charge in [-0.25, -0.2) is 14.8 Å². The Hall–Kier alpha value is -4.46. The summed E-state index contributed by atoms with van der Waals surface area (Å²) in [4.78, 5) is 25.4. The molecule has 0 amide bonds. The van der Waals surface area contributed by atoms with Crippen LogP contribution in [0.3, 0.4) is 0 Å². The Bertz CT molecular complexity index is 1400. The molecule has 32 heavy (non-hydrogen) atoms.